The van der Waals surface area contributed by atoms with E-state index in [1.807, 2.05) is 25.1 Å². The second-order valence-corrected chi connectivity index (χ2v) is 4.64. The second-order valence-electron chi connectivity index (χ2n) is 4.64. The summed E-state index contributed by atoms with van der Waals surface area (Å²) < 4.78 is 5.16. The predicted molar refractivity (Wildman–Crippen MR) is 75.6 cm³/mol. The van der Waals surface area contributed by atoms with Crippen molar-refractivity contribution in [2.75, 3.05) is 13.1 Å². The topological polar surface area (TPSA) is 55.3 Å². The number of likely N-dealkylation sites (N-methyl/N-ethyl adjacent to an activating group) is 1. The van der Waals surface area contributed by atoms with Crippen molar-refractivity contribution in [1.82, 2.24) is 9.88 Å². The Bertz CT molecular complexity index is 496. The molecule has 0 radical (unpaired) electrons. The molecule has 0 bridgehead atoms. The SMILES string of the molecule is CCN(Cc1cccc(C)n1)C(CN)c1ccoc1. The van der Waals surface area contributed by atoms with Gasteiger partial charge in [-0.2, -0.15) is 0 Å². The minimum atomic E-state index is 0.172. The van der Waals surface area contributed by atoms with Crippen LogP contribution in [0.5, 0.6) is 0 Å². The molecular formula is C15H21N3O. The highest BCUT2D eigenvalue weighted by Gasteiger charge is 2.19. The van der Waals surface area contributed by atoms with Crippen molar-refractivity contribution in [3.63, 3.8) is 0 Å². The van der Waals surface area contributed by atoms with Crippen molar-refractivity contribution < 1.29 is 4.42 Å². The van der Waals surface area contributed by atoms with E-state index in [0.29, 0.717) is 6.54 Å². The fourth-order valence-corrected chi connectivity index (χ4v) is 2.30. The molecule has 0 saturated heterocycles. The van der Waals surface area contributed by atoms with E-state index >= 15 is 0 Å². The van der Waals surface area contributed by atoms with Crippen LogP contribution in [-0.4, -0.2) is 23.0 Å². The zero-order valence-corrected chi connectivity index (χ0v) is 11.5. The number of rotatable bonds is 6. The third-order valence-electron chi connectivity index (χ3n) is 3.31. The van der Waals surface area contributed by atoms with Crippen molar-refractivity contribution in [2.24, 2.45) is 5.73 Å². The van der Waals surface area contributed by atoms with Gasteiger partial charge in [0.25, 0.3) is 0 Å². The number of pyridine rings is 1. The van der Waals surface area contributed by atoms with Gasteiger partial charge in [0.1, 0.15) is 0 Å². The first-order chi connectivity index (χ1) is 9.24. The molecule has 0 aliphatic carbocycles. The number of hydrogen-bond donors (Lipinski definition) is 1. The van der Waals surface area contributed by atoms with Gasteiger partial charge in [-0.25, -0.2) is 0 Å². The van der Waals surface area contributed by atoms with Crippen LogP contribution in [0.2, 0.25) is 0 Å². The summed E-state index contributed by atoms with van der Waals surface area (Å²) in [6, 6.07) is 8.26. The normalized spacial score (nSPS) is 12.8. The predicted octanol–water partition coefficient (Wildman–Crippen LogP) is 2.50. The Hall–Kier alpha value is -1.65. The molecule has 2 heterocycles. The fraction of sp³-hybridized carbons (Fsp3) is 0.400. The number of aryl methyl sites for hydroxylation is 1. The van der Waals surface area contributed by atoms with Gasteiger partial charge in [0.15, 0.2) is 0 Å². The Kier molecular flexibility index (Phi) is 4.71. The summed E-state index contributed by atoms with van der Waals surface area (Å²) in [6.07, 6.45) is 3.46. The maximum absolute atomic E-state index is 5.92. The molecule has 0 saturated carbocycles. The summed E-state index contributed by atoms with van der Waals surface area (Å²) in [5.74, 6) is 0. The highest BCUT2D eigenvalue weighted by molar-refractivity contribution is 5.14. The van der Waals surface area contributed by atoms with E-state index in [-0.39, 0.29) is 6.04 Å². The fourth-order valence-electron chi connectivity index (χ4n) is 2.30. The summed E-state index contributed by atoms with van der Waals surface area (Å²) in [5.41, 5.74) is 9.16. The number of aromatic nitrogens is 1. The van der Waals surface area contributed by atoms with Crippen molar-refractivity contribution in [3.05, 3.63) is 53.7 Å². The lowest BCUT2D eigenvalue weighted by Crippen LogP contribution is -2.33. The van der Waals surface area contributed by atoms with E-state index in [0.717, 1.165) is 30.0 Å². The van der Waals surface area contributed by atoms with E-state index in [9.17, 15) is 0 Å². The van der Waals surface area contributed by atoms with Crippen LogP contribution in [0, 0.1) is 6.92 Å². The number of furan rings is 1. The number of hydrogen-bond acceptors (Lipinski definition) is 4. The molecule has 2 aromatic heterocycles. The second kappa shape index (κ2) is 6.50. The van der Waals surface area contributed by atoms with E-state index in [2.05, 4.69) is 22.9 Å². The van der Waals surface area contributed by atoms with Gasteiger partial charge in [-0.1, -0.05) is 13.0 Å². The van der Waals surface area contributed by atoms with Crippen LogP contribution in [0.1, 0.15) is 29.9 Å². The van der Waals surface area contributed by atoms with E-state index in [1.54, 1.807) is 12.5 Å². The van der Waals surface area contributed by atoms with Gasteiger partial charge in [-0.05, 0) is 31.7 Å². The molecule has 102 valence electrons. The molecule has 0 spiro atoms. The minimum Gasteiger partial charge on any atom is -0.472 e. The maximum atomic E-state index is 5.92. The van der Waals surface area contributed by atoms with E-state index in [4.69, 9.17) is 10.2 Å². The molecule has 0 aromatic carbocycles. The first-order valence-electron chi connectivity index (χ1n) is 6.63. The largest absolute Gasteiger partial charge is 0.472 e. The van der Waals surface area contributed by atoms with Gasteiger partial charge in [0.05, 0.1) is 24.3 Å². The Labute approximate surface area is 114 Å². The zero-order valence-electron chi connectivity index (χ0n) is 11.5. The lowest BCUT2D eigenvalue weighted by atomic mass is 10.1. The van der Waals surface area contributed by atoms with Crippen molar-refractivity contribution >= 4 is 0 Å². The molecule has 1 atom stereocenters. The molecule has 4 heteroatoms. The zero-order chi connectivity index (χ0) is 13.7. The molecule has 2 N–H and O–H groups in total. The van der Waals surface area contributed by atoms with Crippen molar-refractivity contribution in [1.29, 1.82) is 0 Å². The smallest absolute Gasteiger partial charge is 0.0950 e. The quantitative estimate of drug-likeness (QED) is 0.866. The van der Waals surface area contributed by atoms with Crippen LogP contribution >= 0.6 is 0 Å². The van der Waals surface area contributed by atoms with E-state index < -0.39 is 0 Å². The Morgan fingerprint density at radius 1 is 1.37 bits per heavy atom. The molecule has 2 aromatic rings. The van der Waals surface area contributed by atoms with Gasteiger partial charge >= 0.3 is 0 Å². The van der Waals surface area contributed by atoms with Crippen LogP contribution in [0.25, 0.3) is 0 Å². The molecule has 1 unspecified atom stereocenters. The molecule has 0 amide bonds. The minimum absolute atomic E-state index is 0.172. The number of nitrogens with two attached hydrogens (primary N) is 1. The average Bonchev–Trinajstić information content (AvgIpc) is 2.92. The van der Waals surface area contributed by atoms with Gasteiger partial charge in [0.2, 0.25) is 0 Å². The molecule has 19 heavy (non-hydrogen) atoms. The first-order valence-corrected chi connectivity index (χ1v) is 6.63. The van der Waals surface area contributed by atoms with Gasteiger partial charge < -0.3 is 10.2 Å². The summed E-state index contributed by atoms with van der Waals surface area (Å²) >= 11 is 0. The summed E-state index contributed by atoms with van der Waals surface area (Å²) in [5, 5.41) is 0. The average molecular weight is 259 g/mol. The Morgan fingerprint density at radius 2 is 2.21 bits per heavy atom. The van der Waals surface area contributed by atoms with E-state index in [1.165, 1.54) is 0 Å². The van der Waals surface area contributed by atoms with Crippen LogP contribution < -0.4 is 5.73 Å². The van der Waals surface area contributed by atoms with Crippen LogP contribution in [0.3, 0.4) is 0 Å². The summed E-state index contributed by atoms with van der Waals surface area (Å²) in [6.45, 7) is 6.43. The Balaban J connectivity index is 2.15. The standard InChI is InChI=1S/C15H21N3O/c1-3-18(10-14-6-4-5-12(2)17-14)15(9-16)13-7-8-19-11-13/h4-8,11,15H,3,9-10,16H2,1-2H3. The highest BCUT2D eigenvalue weighted by Crippen LogP contribution is 2.21. The summed E-state index contributed by atoms with van der Waals surface area (Å²) in [4.78, 5) is 6.87. The van der Waals surface area contributed by atoms with Crippen molar-refractivity contribution in [2.45, 2.75) is 26.4 Å². The lowest BCUT2D eigenvalue weighted by Gasteiger charge is -2.28. The van der Waals surface area contributed by atoms with Crippen molar-refractivity contribution in [3.8, 4) is 0 Å². The third-order valence-corrected chi connectivity index (χ3v) is 3.31. The maximum Gasteiger partial charge on any atom is 0.0950 e. The van der Waals surface area contributed by atoms with Gasteiger partial charge in [-0.15, -0.1) is 0 Å². The van der Waals surface area contributed by atoms with Crippen LogP contribution in [0.4, 0.5) is 0 Å². The molecule has 0 aliphatic heterocycles. The summed E-state index contributed by atoms with van der Waals surface area (Å²) in [7, 11) is 0. The molecular weight excluding hydrogens is 238 g/mol. The van der Waals surface area contributed by atoms with Crippen LogP contribution in [-0.2, 0) is 6.54 Å². The lowest BCUT2D eigenvalue weighted by molar-refractivity contribution is 0.200. The van der Waals surface area contributed by atoms with Gasteiger partial charge in [0, 0.05) is 24.3 Å². The molecule has 2 rings (SSSR count). The molecule has 4 nitrogen and oxygen atoms in total. The Morgan fingerprint density at radius 3 is 2.79 bits per heavy atom. The monoisotopic (exact) mass is 259 g/mol. The first kappa shape index (κ1) is 13.8. The van der Waals surface area contributed by atoms with Gasteiger partial charge in [-0.3, -0.25) is 9.88 Å². The molecule has 0 fully saturated rings. The third kappa shape index (κ3) is 3.43. The number of nitrogens with zero attached hydrogens (tertiary/aromatic N) is 2. The molecule has 0 aliphatic rings. The highest BCUT2D eigenvalue weighted by atomic mass is 16.3. The van der Waals surface area contributed by atoms with Crippen LogP contribution in [0.15, 0.2) is 41.2 Å².